The number of carboxylic acid groups (broad SMARTS) is 1. The molecule has 1 aromatic heterocycles. The molecule has 0 spiro atoms. The fourth-order valence-corrected chi connectivity index (χ4v) is 2.05. The minimum absolute atomic E-state index is 0.0508. The van der Waals surface area contributed by atoms with E-state index in [1.807, 2.05) is 0 Å². The molecule has 1 aromatic carbocycles. The number of aliphatic carboxylic acids is 1. The van der Waals surface area contributed by atoms with Crippen LogP contribution in [0.25, 0.3) is 5.69 Å². The number of nitrogens with zero attached hydrogens (tertiary/aromatic N) is 3. The van der Waals surface area contributed by atoms with Crippen molar-refractivity contribution in [1.82, 2.24) is 15.1 Å². The Morgan fingerprint density at radius 2 is 1.92 bits per heavy atom. The second-order valence-electron chi connectivity index (χ2n) is 5.48. The Labute approximate surface area is 137 Å². The number of aromatic nitrogens is 2. The molecular weight excluding hydrogens is 316 g/mol. The number of nitrogens with one attached hydrogen (secondary N) is 1. The van der Waals surface area contributed by atoms with Gasteiger partial charge >= 0.3 is 5.97 Å². The van der Waals surface area contributed by atoms with Gasteiger partial charge in [0, 0.05) is 18.3 Å². The molecule has 1 heterocycles. The summed E-state index contributed by atoms with van der Waals surface area (Å²) in [6.45, 7) is 3.39. The maximum atomic E-state index is 12.1. The summed E-state index contributed by atoms with van der Waals surface area (Å²) < 4.78 is 1.38. The van der Waals surface area contributed by atoms with Crippen LogP contribution in [-0.2, 0) is 4.79 Å². The van der Waals surface area contributed by atoms with Crippen molar-refractivity contribution in [2.24, 2.45) is 5.92 Å². The number of non-ortho nitro benzene ring substituents is 1. The number of hydrogen-bond acceptors (Lipinski definition) is 5. The van der Waals surface area contributed by atoms with E-state index in [1.165, 1.54) is 41.3 Å². The number of nitro groups is 1. The van der Waals surface area contributed by atoms with E-state index in [-0.39, 0.29) is 17.2 Å². The third kappa shape index (κ3) is 3.75. The molecule has 2 N–H and O–H groups in total. The lowest BCUT2D eigenvalue weighted by Crippen LogP contribution is -2.44. The second kappa shape index (κ2) is 6.90. The van der Waals surface area contributed by atoms with E-state index in [1.54, 1.807) is 13.8 Å². The SMILES string of the molecule is CC(C)[C@H](NC(=O)c1cnn(-c2ccc([N+](=O)[O-])cc2)c1)C(=O)O. The first-order valence-corrected chi connectivity index (χ1v) is 7.12. The zero-order valence-electron chi connectivity index (χ0n) is 13.0. The predicted molar refractivity (Wildman–Crippen MR) is 83.9 cm³/mol. The first-order valence-electron chi connectivity index (χ1n) is 7.12. The van der Waals surface area contributed by atoms with Gasteiger partial charge in [0.05, 0.1) is 22.4 Å². The zero-order chi connectivity index (χ0) is 17.9. The Morgan fingerprint density at radius 3 is 2.42 bits per heavy atom. The lowest BCUT2D eigenvalue weighted by atomic mass is 10.0. The number of benzene rings is 1. The molecule has 24 heavy (non-hydrogen) atoms. The van der Waals surface area contributed by atoms with Gasteiger partial charge in [-0.25, -0.2) is 9.48 Å². The zero-order valence-corrected chi connectivity index (χ0v) is 13.0. The van der Waals surface area contributed by atoms with Crippen LogP contribution in [0.3, 0.4) is 0 Å². The summed E-state index contributed by atoms with van der Waals surface area (Å²) in [4.78, 5) is 33.4. The van der Waals surface area contributed by atoms with E-state index in [0.29, 0.717) is 5.69 Å². The van der Waals surface area contributed by atoms with Crippen LogP contribution in [0.5, 0.6) is 0 Å². The third-order valence-corrected chi connectivity index (χ3v) is 3.39. The molecule has 0 unspecified atom stereocenters. The van der Waals surface area contributed by atoms with Crippen molar-refractivity contribution in [2.75, 3.05) is 0 Å². The van der Waals surface area contributed by atoms with Gasteiger partial charge in [0.15, 0.2) is 0 Å². The number of carbonyl (C=O) groups is 2. The number of amides is 1. The molecule has 0 saturated heterocycles. The van der Waals surface area contributed by atoms with Gasteiger partial charge in [0.25, 0.3) is 11.6 Å². The maximum absolute atomic E-state index is 12.1. The fraction of sp³-hybridized carbons (Fsp3) is 0.267. The van der Waals surface area contributed by atoms with Crippen LogP contribution in [0.4, 0.5) is 5.69 Å². The Balaban J connectivity index is 2.16. The molecule has 0 saturated carbocycles. The Hall–Kier alpha value is -3.23. The number of rotatable bonds is 6. The monoisotopic (exact) mass is 332 g/mol. The fourth-order valence-electron chi connectivity index (χ4n) is 2.05. The number of carbonyl (C=O) groups excluding carboxylic acids is 1. The first-order chi connectivity index (χ1) is 11.3. The smallest absolute Gasteiger partial charge is 0.326 e. The van der Waals surface area contributed by atoms with E-state index in [2.05, 4.69) is 10.4 Å². The highest BCUT2D eigenvalue weighted by Gasteiger charge is 2.24. The van der Waals surface area contributed by atoms with Crippen LogP contribution in [0.2, 0.25) is 0 Å². The van der Waals surface area contributed by atoms with E-state index in [4.69, 9.17) is 5.11 Å². The van der Waals surface area contributed by atoms with Crippen molar-refractivity contribution in [2.45, 2.75) is 19.9 Å². The minimum Gasteiger partial charge on any atom is -0.480 e. The molecule has 0 aliphatic heterocycles. The largest absolute Gasteiger partial charge is 0.480 e. The molecule has 2 rings (SSSR count). The average molecular weight is 332 g/mol. The highest BCUT2D eigenvalue weighted by atomic mass is 16.6. The number of carboxylic acids is 1. The lowest BCUT2D eigenvalue weighted by Gasteiger charge is -2.17. The van der Waals surface area contributed by atoms with E-state index < -0.39 is 22.8 Å². The van der Waals surface area contributed by atoms with Crippen molar-refractivity contribution in [1.29, 1.82) is 0 Å². The summed E-state index contributed by atoms with van der Waals surface area (Å²) >= 11 is 0. The van der Waals surface area contributed by atoms with Crippen molar-refractivity contribution in [3.63, 3.8) is 0 Å². The molecule has 0 bridgehead atoms. The molecule has 0 fully saturated rings. The summed E-state index contributed by atoms with van der Waals surface area (Å²) in [6, 6.07) is 4.66. The van der Waals surface area contributed by atoms with Gasteiger partial charge < -0.3 is 10.4 Å². The van der Waals surface area contributed by atoms with Gasteiger partial charge in [-0.1, -0.05) is 13.8 Å². The van der Waals surface area contributed by atoms with Crippen LogP contribution in [0.1, 0.15) is 24.2 Å². The van der Waals surface area contributed by atoms with Crippen LogP contribution in [0.15, 0.2) is 36.7 Å². The maximum Gasteiger partial charge on any atom is 0.326 e. The summed E-state index contributed by atoms with van der Waals surface area (Å²) in [7, 11) is 0. The molecule has 126 valence electrons. The minimum atomic E-state index is -1.11. The average Bonchev–Trinajstić information content (AvgIpc) is 3.01. The van der Waals surface area contributed by atoms with Gasteiger partial charge in [0.1, 0.15) is 6.04 Å². The Kier molecular flexibility index (Phi) is 4.93. The van der Waals surface area contributed by atoms with Gasteiger partial charge in [-0.3, -0.25) is 14.9 Å². The lowest BCUT2D eigenvalue weighted by molar-refractivity contribution is -0.384. The molecule has 1 amide bonds. The van der Waals surface area contributed by atoms with Crippen LogP contribution in [-0.4, -0.2) is 37.7 Å². The topological polar surface area (TPSA) is 127 Å². The standard InChI is InChI=1S/C15H16N4O5/c1-9(2)13(15(21)22)17-14(20)10-7-16-18(8-10)11-3-5-12(6-4-11)19(23)24/h3-9,13H,1-2H3,(H,17,20)(H,21,22)/t13-/m0/s1. The molecule has 2 aromatic rings. The van der Waals surface area contributed by atoms with Crippen LogP contribution >= 0.6 is 0 Å². The summed E-state index contributed by atoms with van der Waals surface area (Å²) in [6.07, 6.45) is 2.73. The molecule has 0 radical (unpaired) electrons. The molecule has 0 aliphatic rings. The Bertz CT molecular complexity index is 766. The third-order valence-electron chi connectivity index (χ3n) is 3.39. The molecule has 1 atom stereocenters. The van der Waals surface area contributed by atoms with Crippen molar-refractivity contribution < 1.29 is 19.6 Å². The van der Waals surface area contributed by atoms with E-state index in [0.717, 1.165) is 0 Å². The first kappa shape index (κ1) is 17.1. The predicted octanol–water partition coefficient (Wildman–Crippen LogP) is 1.62. The van der Waals surface area contributed by atoms with Crippen molar-refractivity contribution >= 4 is 17.6 Å². The summed E-state index contributed by atoms with van der Waals surface area (Å²) in [5.74, 6) is -1.93. The second-order valence-corrected chi connectivity index (χ2v) is 5.48. The van der Waals surface area contributed by atoms with Gasteiger partial charge in [-0.2, -0.15) is 5.10 Å². The van der Waals surface area contributed by atoms with Crippen molar-refractivity contribution in [3.8, 4) is 5.69 Å². The summed E-state index contributed by atoms with van der Waals surface area (Å²) in [5, 5.41) is 26.2. The van der Waals surface area contributed by atoms with Gasteiger partial charge in [-0.05, 0) is 18.1 Å². The molecule has 9 heteroatoms. The van der Waals surface area contributed by atoms with Gasteiger partial charge in [-0.15, -0.1) is 0 Å². The van der Waals surface area contributed by atoms with E-state index >= 15 is 0 Å². The van der Waals surface area contributed by atoms with Gasteiger partial charge in [0.2, 0.25) is 0 Å². The Morgan fingerprint density at radius 1 is 1.29 bits per heavy atom. The molecule has 9 nitrogen and oxygen atoms in total. The normalized spacial score (nSPS) is 12.0. The van der Waals surface area contributed by atoms with Crippen LogP contribution < -0.4 is 5.32 Å². The molecule has 0 aliphatic carbocycles. The number of nitro benzene ring substituents is 1. The molecular formula is C15H16N4O5. The van der Waals surface area contributed by atoms with Crippen LogP contribution in [0, 0.1) is 16.0 Å². The quantitative estimate of drug-likeness (QED) is 0.611. The number of hydrogen-bond donors (Lipinski definition) is 2. The highest BCUT2D eigenvalue weighted by Crippen LogP contribution is 2.15. The highest BCUT2D eigenvalue weighted by molar-refractivity contribution is 5.96. The van der Waals surface area contributed by atoms with E-state index in [9.17, 15) is 19.7 Å². The summed E-state index contributed by atoms with van der Waals surface area (Å²) in [5.41, 5.74) is 0.684. The van der Waals surface area contributed by atoms with Crippen molar-refractivity contribution in [3.05, 3.63) is 52.3 Å².